The van der Waals surface area contributed by atoms with E-state index in [2.05, 4.69) is 10.1 Å². The number of hydrogen-bond donors (Lipinski definition) is 3. The van der Waals surface area contributed by atoms with Gasteiger partial charge in [0.1, 0.15) is 5.60 Å². The van der Waals surface area contributed by atoms with Crippen LogP contribution in [-0.4, -0.2) is 53.7 Å². The molecular weight excluding hydrogens is 254 g/mol. The summed E-state index contributed by atoms with van der Waals surface area (Å²) in [7, 11) is 1.13. The standard InChI is InChI=1S/C12H23NO6/c1-12(2,3)19-11(17)13-7-5-6-8(14)9(15)10(16)18-4/h8-9,14-15H,5-7H2,1-4H3,(H,13,17)/t8-,9+/m0/s1. The van der Waals surface area contributed by atoms with E-state index in [0.29, 0.717) is 6.42 Å². The van der Waals surface area contributed by atoms with Gasteiger partial charge in [0.25, 0.3) is 0 Å². The first-order chi connectivity index (χ1) is 8.67. The zero-order chi connectivity index (χ0) is 15.1. The molecule has 0 rings (SSSR count). The van der Waals surface area contributed by atoms with E-state index in [4.69, 9.17) is 4.74 Å². The largest absolute Gasteiger partial charge is 0.467 e. The van der Waals surface area contributed by atoms with E-state index >= 15 is 0 Å². The van der Waals surface area contributed by atoms with Gasteiger partial charge < -0.3 is 25.0 Å². The summed E-state index contributed by atoms with van der Waals surface area (Å²) in [5.41, 5.74) is -0.565. The van der Waals surface area contributed by atoms with Crippen molar-refractivity contribution in [3.8, 4) is 0 Å². The van der Waals surface area contributed by atoms with Crippen molar-refractivity contribution in [1.82, 2.24) is 5.32 Å². The maximum absolute atomic E-state index is 11.3. The van der Waals surface area contributed by atoms with Crippen LogP contribution >= 0.6 is 0 Å². The summed E-state index contributed by atoms with van der Waals surface area (Å²) in [6.45, 7) is 5.54. The fourth-order valence-corrected chi connectivity index (χ4v) is 1.25. The number of esters is 1. The summed E-state index contributed by atoms with van der Waals surface area (Å²) in [6, 6.07) is 0. The van der Waals surface area contributed by atoms with Crippen molar-refractivity contribution < 1.29 is 29.3 Å². The molecule has 0 radical (unpaired) electrons. The van der Waals surface area contributed by atoms with E-state index in [1.54, 1.807) is 20.8 Å². The molecule has 112 valence electrons. The molecule has 0 unspecified atom stereocenters. The lowest BCUT2D eigenvalue weighted by atomic mass is 10.1. The van der Waals surface area contributed by atoms with Crippen molar-refractivity contribution in [2.24, 2.45) is 0 Å². The fraction of sp³-hybridized carbons (Fsp3) is 0.833. The second kappa shape index (κ2) is 7.96. The molecule has 3 N–H and O–H groups in total. The highest BCUT2D eigenvalue weighted by Gasteiger charge is 2.24. The van der Waals surface area contributed by atoms with Crippen molar-refractivity contribution in [3.63, 3.8) is 0 Å². The minimum Gasteiger partial charge on any atom is -0.467 e. The number of ether oxygens (including phenoxy) is 2. The van der Waals surface area contributed by atoms with Crippen LogP contribution in [0.1, 0.15) is 33.6 Å². The highest BCUT2D eigenvalue weighted by molar-refractivity contribution is 5.74. The predicted molar refractivity (Wildman–Crippen MR) is 67.5 cm³/mol. The fourth-order valence-electron chi connectivity index (χ4n) is 1.25. The number of alkyl carbamates (subject to hydrolysis) is 1. The van der Waals surface area contributed by atoms with Crippen LogP contribution < -0.4 is 5.32 Å². The lowest BCUT2D eigenvalue weighted by molar-refractivity contribution is -0.156. The SMILES string of the molecule is COC(=O)[C@H](O)[C@@H](O)CCCNC(=O)OC(C)(C)C. The Balaban J connectivity index is 3.80. The van der Waals surface area contributed by atoms with Crippen molar-refractivity contribution in [2.45, 2.75) is 51.4 Å². The highest BCUT2D eigenvalue weighted by Crippen LogP contribution is 2.07. The molecule has 0 spiro atoms. The highest BCUT2D eigenvalue weighted by atomic mass is 16.6. The molecule has 7 heteroatoms. The second-order valence-electron chi connectivity index (χ2n) is 5.11. The molecule has 7 nitrogen and oxygen atoms in total. The first-order valence-corrected chi connectivity index (χ1v) is 6.08. The van der Waals surface area contributed by atoms with Crippen LogP contribution in [0.15, 0.2) is 0 Å². The first-order valence-electron chi connectivity index (χ1n) is 6.08. The van der Waals surface area contributed by atoms with Crippen LogP contribution in [0.5, 0.6) is 0 Å². The molecule has 1 amide bonds. The van der Waals surface area contributed by atoms with Crippen molar-refractivity contribution in [1.29, 1.82) is 0 Å². The van der Waals surface area contributed by atoms with E-state index in [9.17, 15) is 19.8 Å². The molecule has 0 heterocycles. The second-order valence-corrected chi connectivity index (χ2v) is 5.11. The quantitative estimate of drug-likeness (QED) is 0.472. The smallest absolute Gasteiger partial charge is 0.407 e. The topological polar surface area (TPSA) is 105 Å². The molecular formula is C12H23NO6. The van der Waals surface area contributed by atoms with Gasteiger partial charge in [0, 0.05) is 6.54 Å². The summed E-state index contributed by atoms with van der Waals surface area (Å²) < 4.78 is 9.31. The molecule has 0 aromatic rings. The monoisotopic (exact) mass is 277 g/mol. The van der Waals surface area contributed by atoms with Crippen molar-refractivity contribution in [2.75, 3.05) is 13.7 Å². The molecule has 0 aliphatic rings. The molecule has 0 aliphatic carbocycles. The molecule has 0 aromatic heterocycles. The molecule has 0 bridgehead atoms. The number of aliphatic hydroxyl groups is 2. The Kier molecular flexibility index (Phi) is 7.40. The zero-order valence-electron chi connectivity index (χ0n) is 11.8. The van der Waals surface area contributed by atoms with Gasteiger partial charge in [0.05, 0.1) is 13.2 Å². The minimum atomic E-state index is -1.56. The average molecular weight is 277 g/mol. The summed E-state index contributed by atoms with van der Waals surface area (Å²) in [6.07, 6.45) is -2.77. The summed E-state index contributed by atoms with van der Waals surface area (Å²) in [5.74, 6) is -0.882. The van der Waals surface area contributed by atoms with Gasteiger partial charge in [-0.05, 0) is 33.6 Å². The Morgan fingerprint density at radius 3 is 2.32 bits per heavy atom. The summed E-state index contributed by atoms with van der Waals surface area (Å²) in [5, 5.41) is 21.3. The molecule has 0 aromatic carbocycles. The van der Waals surface area contributed by atoms with Gasteiger partial charge in [-0.1, -0.05) is 0 Å². The molecule has 0 saturated carbocycles. The molecule has 19 heavy (non-hydrogen) atoms. The van der Waals surface area contributed by atoms with Gasteiger partial charge >= 0.3 is 12.1 Å². The van der Waals surface area contributed by atoms with E-state index in [-0.39, 0.29) is 13.0 Å². The number of carbonyl (C=O) groups is 2. The number of nitrogens with one attached hydrogen (secondary N) is 1. The zero-order valence-corrected chi connectivity index (χ0v) is 11.8. The van der Waals surface area contributed by atoms with Gasteiger partial charge in [-0.3, -0.25) is 0 Å². The molecule has 0 saturated heterocycles. The Hall–Kier alpha value is -1.34. The van der Waals surface area contributed by atoms with Crippen LogP contribution in [0.3, 0.4) is 0 Å². The van der Waals surface area contributed by atoms with Gasteiger partial charge in [0.15, 0.2) is 6.10 Å². The van der Waals surface area contributed by atoms with Gasteiger partial charge in [-0.15, -0.1) is 0 Å². The normalized spacial score (nSPS) is 14.4. The van der Waals surface area contributed by atoms with E-state index in [1.165, 1.54) is 0 Å². The first kappa shape index (κ1) is 17.7. The van der Waals surface area contributed by atoms with Crippen LogP contribution in [-0.2, 0) is 14.3 Å². The predicted octanol–water partition coefficient (Wildman–Crippen LogP) is 0.186. The minimum absolute atomic E-state index is 0.159. The van der Waals surface area contributed by atoms with Gasteiger partial charge in [0.2, 0.25) is 0 Å². The molecule has 0 fully saturated rings. The Bertz CT molecular complexity index is 299. The maximum Gasteiger partial charge on any atom is 0.407 e. The van der Waals surface area contributed by atoms with Crippen LogP contribution in [0, 0.1) is 0 Å². The van der Waals surface area contributed by atoms with Crippen molar-refractivity contribution in [3.05, 3.63) is 0 Å². The van der Waals surface area contributed by atoms with Crippen LogP contribution in [0.25, 0.3) is 0 Å². The number of aliphatic hydroxyl groups excluding tert-OH is 2. The summed E-state index contributed by atoms with van der Waals surface area (Å²) >= 11 is 0. The Morgan fingerprint density at radius 2 is 1.84 bits per heavy atom. The van der Waals surface area contributed by atoms with E-state index in [0.717, 1.165) is 7.11 Å². The lowest BCUT2D eigenvalue weighted by Gasteiger charge is -2.20. The third-order valence-electron chi connectivity index (χ3n) is 2.15. The Labute approximate surface area is 112 Å². The van der Waals surface area contributed by atoms with E-state index in [1.807, 2.05) is 0 Å². The number of carbonyl (C=O) groups excluding carboxylic acids is 2. The third-order valence-corrected chi connectivity index (χ3v) is 2.15. The number of amides is 1. The van der Waals surface area contributed by atoms with Crippen molar-refractivity contribution >= 4 is 12.1 Å². The number of rotatable bonds is 6. The summed E-state index contributed by atoms with van der Waals surface area (Å²) in [4.78, 5) is 22.2. The van der Waals surface area contributed by atoms with E-state index < -0.39 is 29.9 Å². The van der Waals surface area contributed by atoms with Crippen LogP contribution in [0.4, 0.5) is 4.79 Å². The molecule has 0 aliphatic heterocycles. The third kappa shape index (κ3) is 8.39. The number of methoxy groups -OCH3 is 1. The number of hydrogen-bond acceptors (Lipinski definition) is 6. The molecule has 2 atom stereocenters. The lowest BCUT2D eigenvalue weighted by Crippen LogP contribution is -2.36. The average Bonchev–Trinajstić information content (AvgIpc) is 2.30. The maximum atomic E-state index is 11.3. The van der Waals surface area contributed by atoms with Crippen LogP contribution in [0.2, 0.25) is 0 Å². The Morgan fingerprint density at radius 1 is 1.26 bits per heavy atom. The van der Waals surface area contributed by atoms with Gasteiger partial charge in [-0.25, -0.2) is 9.59 Å². The van der Waals surface area contributed by atoms with Gasteiger partial charge in [-0.2, -0.15) is 0 Å².